The van der Waals surface area contributed by atoms with Crippen LogP contribution in [0.5, 0.6) is 0 Å². The van der Waals surface area contributed by atoms with Crippen LogP contribution in [0.25, 0.3) is 39.7 Å². The van der Waals surface area contributed by atoms with Crippen molar-refractivity contribution >= 4 is 56.9 Å². The molecule has 0 atom stereocenters. The molecule has 4 heterocycles. The molecule has 0 radical (unpaired) electrons. The number of hydrogen-bond donors (Lipinski definition) is 1. The van der Waals surface area contributed by atoms with Crippen LogP contribution in [0.1, 0.15) is 119 Å². The van der Waals surface area contributed by atoms with Gasteiger partial charge in [0.2, 0.25) is 0 Å². The highest BCUT2D eigenvalue weighted by molar-refractivity contribution is 7.28. The van der Waals surface area contributed by atoms with Gasteiger partial charge in [-0.1, -0.05) is 78.1 Å². The fourth-order valence-corrected chi connectivity index (χ4v) is 11.1. The molecule has 4 aromatic heterocycles. The first-order valence-corrected chi connectivity index (χ1v) is 20.1. The van der Waals surface area contributed by atoms with Gasteiger partial charge in [-0.3, -0.25) is 4.79 Å². The van der Waals surface area contributed by atoms with E-state index >= 15 is 0 Å². The van der Waals surface area contributed by atoms with Gasteiger partial charge in [-0.15, -0.1) is 45.3 Å². The summed E-state index contributed by atoms with van der Waals surface area (Å²) in [6, 6.07) is 11.7. The van der Waals surface area contributed by atoms with Crippen molar-refractivity contribution in [2.45, 2.75) is 117 Å². The van der Waals surface area contributed by atoms with E-state index in [-0.39, 0.29) is 5.70 Å². The second-order valence-electron chi connectivity index (χ2n) is 12.1. The number of carbonyl (C=O) groups is 1. The number of nitrogens with zero attached hydrogens (tertiary/aromatic N) is 1. The Balaban J connectivity index is 1.38. The van der Waals surface area contributed by atoms with Crippen molar-refractivity contribution in [1.82, 2.24) is 0 Å². The fraction of sp³-hybridized carbons (Fsp3) is 0.474. The van der Waals surface area contributed by atoms with E-state index in [1.807, 2.05) is 34.0 Å². The Morgan fingerprint density at radius 1 is 0.711 bits per heavy atom. The van der Waals surface area contributed by atoms with Gasteiger partial charge in [-0.05, 0) is 96.5 Å². The Hall–Kier alpha value is -2.50. The molecule has 0 saturated carbocycles. The maximum absolute atomic E-state index is 11.7. The number of unbranched alkanes of at least 4 members (excludes halogenated alkanes) is 10. The Kier molecular flexibility index (Phi) is 12.7. The van der Waals surface area contributed by atoms with Crippen LogP contribution in [0.3, 0.4) is 0 Å². The van der Waals surface area contributed by atoms with E-state index in [0.29, 0.717) is 12.0 Å². The zero-order valence-corrected chi connectivity index (χ0v) is 30.0. The molecule has 0 aromatic carbocycles. The topological polar surface area (TPSA) is 41.7 Å². The average Bonchev–Trinajstić information content (AvgIpc) is 3.86. The maximum atomic E-state index is 11.7. The van der Waals surface area contributed by atoms with Crippen molar-refractivity contribution in [3.63, 3.8) is 0 Å². The molecule has 238 valence electrons. The van der Waals surface area contributed by atoms with E-state index < -0.39 is 5.97 Å². The van der Waals surface area contributed by atoms with E-state index in [1.54, 1.807) is 11.3 Å². The van der Waals surface area contributed by atoms with Crippen molar-refractivity contribution in [3.05, 3.63) is 74.4 Å². The number of carboxylic acids is 1. The third-order valence-corrected chi connectivity index (χ3v) is 13.8. The molecular formula is C38H45NO2S4. The molecule has 0 bridgehead atoms. The SMILES string of the molecule is [C-]#[N+]/C(C(=O)O)=C1/CCc2cc(-c3cc(CCCCCCCC)c(-c4ccc(-c5sccc5CCCCCCCC)s4)s3)sc21. The minimum Gasteiger partial charge on any atom is -0.486 e. The molecule has 0 spiro atoms. The smallest absolute Gasteiger partial charge is 0.334 e. The van der Waals surface area contributed by atoms with Crippen molar-refractivity contribution in [3.8, 4) is 29.3 Å². The summed E-state index contributed by atoms with van der Waals surface area (Å²) in [5, 5.41) is 11.9. The Morgan fingerprint density at radius 2 is 1.31 bits per heavy atom. The fourth-order valence-electron chi connectivity index (χ4n) is 6.30. The van der Waals surface area contributed by atoms with Gasteiger partial charge in [-0.25, -0.2) is 4.85 Å². The van der Waals surface area contributed by atoms with Gasteiger partial charge in [0.05, 0.1) is 6.57 Å². The molecule has 0 amide bonds. The standard InChI is InChI=1S/C38H45NO2S4/c1-4-6-8-10-12-14-16-26-22-23-42-36(26)30-20-21-31(43-30)37-27(17-15-13-11-9-7-5-2)24-33(45-37)32-25-28-18-19-29(35(28)44-32)34(39-3)38(40)41/h20-25H,4-19H2,1-2H3,(H,40,41)/b34-29-. The zero-order chi connectivity index (χ0) is 31.6. The third-order valence-electron chi connectivity index (χ3n) is 8.78. The minimum absolute atomic E-state index is 0.117. The summed E-state index contributed by atoms with van der Waals surface area (Å²) in [7, 11) is 0. The monoisotopic (exact) mass is 675 g/mol. The first-order valence-electron chi connectivity index (χ1n) is 16.8. The number of rotatable bonds is 18. The number of aryl methyl sites for hydroxylation is 3. The van der Waals surface area contributed by atoms with Crippen LogP contribution in [0.4, 0.5) is 0 Å². The number of aliphatic carboxylic acids is 1. The van der Waals surface area contributed by atoms with Gasteiger partial charge in [0.15, 0.2) is 0 Å². The first kappa shape index (κ1) is 33.9. The van der Waals surface area contributed by atoms with Crippen LogP contribution in [0.15, 0.2) is 41.4 Å². The average molecular weight is 676 g/mol. The molecule has 0 aliphatic heterocycles. The van der Waals surface area contributed by atoms with E-state index in [9.17, 15) is 9.90 Å². The van der Waals surface area contributed by atoms with Crippen LogP contribution in [0, 0.1) is 6.57 Å². The second-order valence-corrected chi connectivity index (χ2v) is 16.3. The van der Waals surface area contributed by atoms with E-state index in [0.717, 1.165) is 17.7 Å². The van der Waals surface area contributed by atoms with Gasteiger partial charge >= 0.3 is 5.97 Å². The second kappa shape index (κ2) is 16.9. The number of fused-ring (bicyclic) bond motifs is 1. The minimum atomic E-state index is -1.11. The molecule has 5 rings (SSSR count). The quantitative estimate of drug-likeness (QED) is 0.0648. The molecule has 0 unspecified atom stereocenters. The largest absolute Gasteiger partial charge is 0.486 e. The van der Waals surface area contributed by atoms with Gasteiger partial charge in [0.1, 0.15) is 0 Å². The van der Waals surface area contributed by atoms with Crippen LogP contribution < -0.4 is 0 Å². The van der Waals surface area contributed by atoms with E-state index in [2.05, 4.69) is 54.4 Å². The van der Waals surface area contributed by atoms with E-state index in [1.165, 1.54) is 129 Å². The molecule has 1 aliphatic carbocycles. The molecule has 4 aromatic rings. The van der Waals surface area contributed by atoms with E-state index in [4.69, 9.17) is 6.57 Å². The number of allylic oxidation sites excluding steroid dienone is 1. The van der Waals surface area contributed by atoms with Crippen molar-refractivity contribution < 1.29 is 9.90 Å². The Morgan fingerprint density at radius 3 is 1.98 bits per heavy atom. The normalized spacial score (nSPS) is 13.7. The molecule has 0 fully saturated rings. The zero-order valence-electron chi connectivity index (χ0n) is 26.7. The van der Waals surface area contributed by atoms with Crippen LogP contribution >= 0.6 is 45.3 Å². The van der Waals surface area contributed by atoms with Gasteiger partial charge in [0.25, 0.3) is 5.70 Å². The molecular weight excluding hydrogens is 631 g/mol. The highest BCUT2D eigenvalue weighted by Crippen LogP contribution is 2.49. The lowest BCUT2D eigenvalue weighted by Gasteiger charge is -2.04. The summed E-state index contributed by atoms with van der Waals surface area (Å²) in [5.74, 6) is -1.11. The molecule has 3 nitrogen and oxygen atoms in total. The lowest BCUT2D eigenvalue weighted by Crippen LogP contribution is -1.98. The molecule has 1 aliphatic rings. The first-order chi connectivity index (χ1) is 22.0. The number of hydrogen-bond acceptors (Lipinski definition) is 5. The predicted molar refractivity (Wildman–Crippen MR) is 198 cm³/mol. The van der Waals surface area contributed by atoms with Crippen LogP contribution in [-0.2, 0) is 24.1 Å². The van der Waals surface area contributed by atoms with Gasteiger partial charge in [0, 0.05) is 34.1 Å². The van der Waals surface area contributed by atoms with Crippen LogP contribution in [-0.4, -0.2) is 11.1 Å². The van der Waals surface area contributed by atoms with Gasteiger partial charge in [-0.2, -0.15) is 0 Å². The van der Waals surface area contributed by atoms with Gasteiger partial charge < -0.3 is 5.11 Å². The number of carboxylic acid groups (broad SMARTS) is 1. The highest BCUT2D eigenvalue weighted by Gasteiger charge is 2.27. The molecule has 0 saturated heterocycles. The van der Waals surface area contributed by atoms with Crippen LogP contribution in [0.2, 0.25) is 0 Å². The predicted octanol–water partition coefficient (Wildman–Crippen LogP) is 13.4. The molecule has 7 heteroatoms. The summed E-state index contributed by atoms with van der Waals surface area (Å²) in [6.45, 7) is 12.0. The molecule has 45 heavy (non-hydrogen) atoms. The van der Waals surface area contributed by atoms with Crippen molar-refractivity contribution in [1.29, 1.82) is 0 Å². The summed E-state index contributed by atoms with van der Waals surface area (Å²) in [6.07, 6.45) is 19.4. The maximum Gasteiger partial charge on any atom is 0.334 e. The Bertz CT molecular complexity index is 1640. The summed E-state index contributed by atoms with van der Waals surface area (Å²) in [4.78, 5) is 24.1. The number of thiophene rings is 4. The Labute approximate surface area is 285 Å². The summed E-state index contributed by atoms with van der Waals surface area (Å²) >= 11 is 7.37. The van der Waals surface area contributed by atoms with Crippen molar-refractivity contribution in [2.24, 2.45) is 0 Å². The highest BCUT2D eigenvalue weighted by atomic mass is 32.1. The van der Waals surface area contributed by atoms with Crippen molar-refractivity contribution in [2.75, 3.05) is 0 Å². The lowest BCUT2D eigenvalue weighted by atomic mass is 10.0. The molecule has 1 N–H and O–H groups in total. The summed E-state index contributed by atoms with van der Waals surface area (Å²) < 4.78 is 0. The lowest BCUT2D eigenvalue weighted by molar-refractivity contribution is -0.132. The summed E-state index contributed by atoms with van der Waals surface area (Å²) in [5.41, 5.74) is 4.72. The third kappa shape index (κ3) is 8.46.